The molecule has 0 radical (unpaired) electrons. The molecule has 0 fully saturated rings. The van der Waals surface area contributed by atoms with Gasteiger partial charge in [0.2, 0.25) is 0 Å². The Morgan fingerprint density at radius 2 is 1.81 bits per heavy atom. The molecule has 2 aromatic carbocycles. The number of hydrogen-bond donors (Lipinski definition) is 0. The molecule has 5 nitrogen and oxygen atoms in total. The van der Waals surface area contributed by atoms with E-state index in [4.69, 9.17) is 11.6 Å². The molecule has 0 saturated carbocycles. The van der Waals surface area contributed by atoms with Crippen LogP contribution in [0, 0.1) is 10.1 Å². The molecule has 0 aliphatic carbocycles. The van der Waals surface area contributed by atoms with Gasteiger partial charge in [-0.1, -0.05) is 48.0 Å². The van der Waals surface area contributed by atoms with Gasteiger partial charge in [0, 0.05) is 42.6 Å². The molecule has 27 heavy (non-hydrogen) atoms. The molecular weight excluding hydrogens is 362 g/mol. The zero-order chi connectivity index (χ0) is 18.8. The molecule has 1 atom stereocenters. The van der Waals surface area contributed by atoms with Crippen LogP contribution in [0.15, 0.2) is 66.9 Å². The molecule has 6 heteroatoms. The number of para-hydroxylation sites is 1. The first-order valence-electron chi connectivity index (χ1n) is 9.01. The van der Waals surface area contributed by atoms with Crippen LogP contribution in [0.3, 0.4) is 0 Å². The highest BCUT2D eigenvalue weighted by atomic mass is 35.5. The van der Waals surface area contributed by atoms with E-state index < -0.39 is 0 Å². The summed E-state index contributed by atoms with van der Waals surface area (Å²) in [6.45, 7) is 2.38. The van der Waals surface area contributed by atoms with Crippen molar-refractivity contribution in [2.24, 2.45) is 0 Å². The second kappa shape index (κ2) is 7.55. The van der Waals surface area contributed by atoms with Crippen molar-refractivity contribution in [1.29, 1.82) is 0 Å². The summed E-state index contributed by atoms with van der Waals surface area (Å²) >= 11 is 6.40. The summed E-state index contributed by atoms with van der Waals surface area (Å²) in [5.41, 5.74) is 2.98. The Labute approximate surface area is 162 Å². The molecule has 138 valence electrons. The first kappa shape index (κ1) is 17.8. The van der Waals surface area contributed by atoms with Crippen LogP contribution in [0.1, 0.15) is 29.3 Å². The van der Waals surface area contributed by atoms with E-state index in [1.807, 2.05) is 42.5 Å². The van der Waals surface area contributed by atoms with Gasteiger partial charge >= 0.3 is 0 Å². The third-order valence-electron chi connectivity index (χ3n) is 5.11. The van der Waals surface area contributed by atoms with Gasteiger partial charge in [-0.15, -0.1) is 0 Å². The number of nitro benzene ring substituents is 1. The zero-order valence-electron chi connectivity index (χ0n) is 14.8. The van der Waals surface area contributed by atoms with E-state index in [1.54, 1.807) is 12.1 Å². The Kier molecular flexibility index (Phi) is 4.97. The molecule has 0 spiro atoms. The topological polar surface area (TPSA) is 51.3 Å². The van der Waals surface area contributed by atoms with Crippen molar-refractivity contribution in [3.8, 4) is 0 Å². The third kappa shape index (κ3) is 3.48. The quantitative estimate of drug-likeness (QED) is 0.469. The Hall–Kier alpha value is -2.63. The molecule has 1 aliphatic rings. The summed E-state index contributed by atoms with van der Waals surface area (Å²) in [6.07, 6.45) is 3.03. The van der Waals surface area contributed by atoms with Crippen LogP contribution in [-0.4, -0.2) is 20.9 Å². The van der Waals surface area contributed by atoms with E-state index in [0.717, 1.165) is 41.4 Å². The van der Waals surface area contributed by atoms with E-state index in [2.05, 4.69) is 21.7 Å². The van der Waals surface area contributed by atoms with Crippen LogP contribution in [-0.2, 0) is 13.1 Å². The number of aryl methyl sites for hydroxylation is 1. The Balaban J connectivity index is 1.82. The van der Waals surface area contributed by atoms with Crippen molar-refractivity contribution >= 4 is 17.3 Å². The number of benzene rings is 2. The van der Waals surface area contributed by atoms with E-state index in [9.17, 15) is 10.1 Å². The lowest BCUT2D eigenvalue weighted by atomic mass is 9.99. The summed E-state index contributed by atoms with van der Waals surface area (Å²) in [5.74, 6) is 0. The van der Waals surface area contributed by atoms with Crippen LogP contribution < -0.4 is 0 Å². The minimum Gasteiger partial charge on any atom is -0.350 e. The van der Waals surface area contributed by atoms with Gasteiger partial charge in [-0.25, -0.2) is 0 Å². The number of fused-ring (bicyclic) bond motifs is 1. The second-order valence-corrected chi connectivity index (χ2v) is 7.17. The number of nitrogens with zero attached hydrogens (tertiary/aromatic N) is 3. The molecule has 1 aliphatic heterocycles. The minimum absolute atomic E-state index is 0.154. The fraction of sp³-hybridized carbons (Fsp3) is 0.238. The fourth-order valence-corrected chi connectivity index (χ4v) is 4.09. The number of rotatable bonds is 4. The summed E-state index contributed by atoms with van der Waals surface area (Å²) in [5, 5.41) is 12.4. The van der Waals surface area contributed by atoms with Crippen LogP contribution in [0.25, 0.3) is 0 Å². The highest BCUT2D eigenvalue weighted by Crippen LogP contribution is 2.37. The van der Waals surface area contributed by atoms with Crippen molar-refractivity contribution < 1.29 is 4.92 Å². The number of halogens is 1. The first-order valence-corrected chi connectivity index (χ1v) is 9.39. The lowest BCUT2D eigenvalue weighted by molar-refractivity contribution is -0.385. The molecular formula is C21H20ClN3O2. The molecule has 4 rings (SSSR count). The summed E-state index contributed by atoms with van der Waals surface area (Å²) in [4.78, 5) is 13.7. The first-order chi connectivity index (χ1) is 13.1. The van der Waals surface area contributed by atoms with E-state index in [1.165, 1.54) is 0 Å². The van der Waals surface area contributed by atoms with Gasteiger partial charge in [-0.05, 0) is 30.2 Å². The molecule has 3 aromatic rings. The molecule has 0 bridgehead atoms. The molecule has 0 amide bonds. The predicted molar refractivity (Wildman–Crippen MR) is 106 cm³/mol. The predicted octanol–water partition coefficient (Wildman–Crippen LogP) is 5.05. The molecule has 1 unspecified atom stereocenters. The van der Waals surface area contributed by atoms with Gasteiger partial charge in [-0.2, -0.15) is 0 Å². The lowest BCUT2D eigenvalue weighted by Crippen LogP contribution is -2.30. The zero-order valence-corrected chi connectivity index (χ0v) is 15.5. The van der Waals surface area contributed by atoms with Gasteiger partial charge in [0.15, 0.2) is 0 Å². The maximum absolute atomic E-state index is 11.7. The number of aromatic nitrogens is 1. The highest BCUT2D eigenvalue weighted by molar-refractivity contribution is 6.31. The van der Waals surface area contributed by atoms with Crippen molar-refractivity contribution in [1.82, 2.24) is 9.47 Å². The Morgan fingerprint density at radius 3 is 2.63 bits per heavy atom. The third-order valence-corrected chi connectivity index (χ3v) is 5.48. The van der Waals surface area contributed by atoms with Gasteiger partial charge in [-0.3, -0.25) is 15.0 Å². The smallest absolute Gasteiger partial charge is 0.274 e. The number of hydrogen-bond acceptors (Lipinski definition) is 3. The van der Waals surface area contributed by atoms with E-state index in [0.29, 0.717) is 6.54 Å². The normalized spacial score (nSPS) is 17.3. The second-order valence-electron chi connectivity index (χ2n) is 6.76. The molecule has 0 N–H and O–H groups in total. The number of nitro groups is 1. The van der Waals surface area contributed by atoms with Crippen LogP contribution in [0.2, 0.25) is 5.02 Å². The SMILES string of the molecule is O=[N+]([O-])c1ccccc1C1c2cccn2CCCN1Cc1ccccc1Cl. The van der Waals surface area contributed by atoms with Crippen molar-refractivity contribution in [2.45, 2.75) is 25.6 Å². The standard InChI is InChI=1S/C21H20ClN3O2/c22-18-9-3-1-7-16(18)15-24-14-6-13-23-12-5-11-20(23)21(24)17-8-2-4-10-19(17)25(26)27/h1-5,7-12,21H,6,13-15H2. The van der Waals surface area contributed by atoms with Crippen molar-refractivity contribution in [3.63, 3.8) is 0 Å². The van der Waals surface area contributed by atoms with Crippen LogP contribution in [0.4, 0.5) is 5.69 Å². The lowest BCUT2D eigenvalue weighted by Gasteiger charge is -2.30. The maximum Gasteiger partial charge on any atom is 0.274 e. The molecule has 0 saturated heterocycles. The average Bonchev–Trinajstić information content (AvgIpc) is 3.05. The van der Waals surface area contributed by atoms with Crippen molar-refractivity contribution in [2.75, 3.05) is 6.54 Å². The van der Waals surface area contributed by atoms with Crippen molar-refractivity contribution in [3.05, 3.63) is 98.8 Å². The van der Waals surface area contributed by atoms with Crippen LogP contribution in [0.5, 0.6) is 0 Å². The van der Waals surface area contributed by atoms with Gasteiger partial charge in [0.05, 0.1) is 16.5 Å². The highest BCUT2D eigenvalue weighted by Gasteiger charge is 2.32. The molecule has 2 heterocycles. The average molecular weight is 382 g/mol. The summed E-state index contributed by atoms with van der Waals surface area (Å²) in [6, 6.07) is 18.7. The maximum atomic E-state index is 11.7. The van der Waals surface area contributed by atoms with E-state index >= 15 is 0 Å². The Morgan fingerprint density at radius 1 is 1.04 bits per heavy atom. The van der Waals surface area contributed by atoms with Crippen LogP contribution >= 0.6 is 11.6 Å². The molecule has 1 aromatic heterocycles. The fourth-order valence-electron chi connectivity index (χ4n) is 3.90. The summed E-state index contributed by atoms with van der Waals surface area (Å²) < 4.78 is 2.20. The van der Waals surface area contributed by atoms with E-state index in [-0.39, 0.29) is 16.7 Å². The van der Waals surface area contributed by atoms with Gasteiger partial charge in [0.25, 0.3) is 5.69 Å². The Bertz CT molecular complexity index is 969. The summed E-state index contributed by atoms with van der Waals surface area (Å²) in [7, 11) is 0. The largest absolute Gasteiger partial charge is 0.350 e. The van der Waals surface area contributed by atoms with Gasteiger partial charge < -0.3 is 4.57 Å². The monoisotopic (exact) mass is 381 g/mol. The van der Waals surface area contributed by atoms with Gasteiger partial charge in [0.1, 0.15) is 0 Å². The minimum atomic E-state index is -0.290.